The zero-order chi connectivity index (χ0) is 26.8. The molecule has 202 valence electrons. The van der Waals surface area contributed by atoms with Crippen LogP contribution in [0.25, 0.3) is 0 Å². The number of amides is 2. The summed E-state index contributed by atoms with van der Waals surface area (Å²) in [5.41, 5.74) is 9.05. The van der Waals surface area contributed by atoms with Crippen molar-refractivity contribution in [2.24, 2.45) is 11.7 Å². The van der Waals surface area contributed by atoms with Crippen molar-refractivity contribution in [3.63, 3.8) is 0 Å². The minimum Gasteiger partial charge on any atom is -0.383 e. The topological polar surface area (TPSA) is 62.0 Å². The van der Waals surface area contributed by atoms with E-state index in [2.05, 4.69) is 66.7 Å². The van der Waals surface area contributed by atoms with Crippen molar-refractivity contribution in [2.75, 3.05) is 53.5 Å². The Kier molecular flexibility index (Phi) is 11.5. The number of carbonyl (C=O) groups excluding carboxylic acids is 1. The minimum atomic E-state index is -0.285. The van der Waals surface area contributed by atoms with E-state index < -0.39 is 0 Å². The quantitative estimate of drug-likeness (QED) is 0.494. The predicted octanol–water partition coefficient (Wildman–Crippen LogP) is 5.35. The van der Waals surface area contributed by atoms with E-state index in [4.69, 9.17) is 22.1 Å². The van der Waals surface area contributed by atoms with Gasteiger partial charge in [0.1, 0.15) is 0 Å². The molecule has 2 aromatic carbocycles. The highest BCUT2D eigenvalue weighted by Gasteiger charge is 2.30. The summed E-state index contributed by atoms with van der Waals surface area (Å²) in [6.07, 6.45) is 5.14. The van der Waals surface area contributed by atoms with E-state index in [1.165, 1.54) is 16.7 Å². The molecule has 2 atom stereocenters. The van der Waals surface area contributed by atoms with Crippen molar-refractivity contribution < 1.29 is 9.53 Å². The molecule has 0 saturated carbocycles. The molecule has 2 unspecified atom stereocenters. The minimum absolute atomic E-state index is 0.242. The molecule has 4 rings (SSSR count). The Balaban J connectivity index is 0.000000266. The van der Waals surface area contributed by atoms with Crippen molar-refractivity contribution in [1.29, 1.82) is 0 Å². The average Bonchev–Trinajstić information content (AvgIpc) is 2.89. The number of nitrogens with zero attached hydrogens (tertiary/aromatic N) is 3. The van der Waals surface area contributed by atoms with Gasteiger partial charge in [0.05, 0.1) is 12.6 Å². The molecule has 0 aromatic heterocycles. The van der Waals surface area contributed by atoms with Gasteiger partial charge in [-0.05, 0) is 62.4 Å². The number of halogens is 1. The monoisotopic (exact) mass is 526 g/mol. The zero-order valence-electron chi connectivity index (χ0n) is 22.6. The van der Waals surface area contributed by atoms with Gasteiger partial charge in [-0.2, -0.15) is 0 Å². The van der Waals surface area contributed by atoms with Crippen LogP contribution in [0.3, 0.4) is 0 Å². The maximum atomic E-state index is 10.7. The van der Waals surface area contributed by atoms with E-state index in [0.717, 1.165) is 63.6 Å². The lowest BCUT2D eigenvalue weighted by atomic mass is 9.94. The van der Waals surface area contributed by atoms with Gasteiger partial charge in [-0.1, -0.05) is 59.6 Å². The van der Waals surface area contributed by atoms with Gasteiger partial charge in [0.15, 0.2) is 0 Å². The lowest BCUT2D eigenvalue weighted by molar-refractivity contribution is 0.0287. The van der Waals surface area contributed by atoms with Gasteiger partial charge in [0, 0.05) is 50.9 Å². The Hall–Kier alpha value is -2.38. The van der Waals surface area contributed by atoms with E-state index in [0.29, 0.717) is 12.0 Å². The van der Waals surface area contributed by atoms with Crippen molar-refractivity contribution in [2.45, 2.75) is 38.3 Å². The number of likely N-dealkylation sites (tertiary alicyclic amines) is 1. The first-order valence-electron chi connectivity index (χ1n) is 13.2. The first-order chi connectivity index (χ1) is 17.8. The standard InChI is InChI=1S/C21H27ClN2O.C9H16N2O/c1-16-4-6-17(7-5-16)21(18-8-10-19(22)11-9-18)24-13-12-23(2)20(14-24)15-25-3;1-2-3-8-4-6-11(7-5-8)9(10)12/h4-11,20-21H,12-15H2,1-3H3;2,8H,1,3-7H2,(H2,10,12). The largest absolute Gasteiger partial charge is 0.383 e. The highest BCUT2D eigenvalue weighted by Crippen LogP contribution is 2.31. The van der Waals surface area contributed by atoms with Gasteiger partial charge in [-0.3, -0.25) is 9.80 Å². The number of piperazine rings is 1. The van der Waals surface area contributed by atoms with Crippen LogP contribution in [-0.4, -0.2) is 80.3 Å². The molecule has 2 fully saturated rings. The van der Waals surface area contributed by atoms with Crippen LogP contribution in [-0.2, 0) is 4.74 Å². The van der Waals surface area contributed by atoms with Gasteiger partial charge >= 0.3 is 6.03 Å². The number of primary amides is 1. The van der Waals surface area contributed by atoms with Crippen LogP contribution in [0.4, 0.5) is 4.79 Å². The first-order valence-corrected chi connectivity index (χ1v) is 13.6. The molecule has 7 heteroatoms. The molecule has 2 aliphatic rings. The van der Waals surface area contributed by atoms with Gasteiger partial charge in [-0.25, -0.2) is 4.79 Å². The molecule has 0 bridgehead atoms. The normalized spacial score (nSPS) is 20.1. The highest BCUT2D eigenvalue weighted by atomic mass is 35.5. The van der Waals surface area contributed by atoms with Crippen molar-refractivity contribution in [3.8, 4) is 0 Å². The van der Waals surface area contributed by atoms with Crippen LogP contribution in [0.1, 0.15) is 42.0 Å². The molecule has 2 saturated heterocycles. The Morgan fingerprint density at radius 2 is 1.68 bits per heavy atom. The number of piperidine rings is 1. The third-order valence-corrected chi connectivity index (χ3v) is 7.79. The number of benzene rings is 2. The van der Waals surface area contributed by atoms with Crippen LogP contribution >= 0.6 is 11.6 Å². The summed E-state index contributed by atoms with van der Waals surface area (Å²) in [4.78, 5) is 17.4. The number of methoxy groups -OCH3 is 1. The summed E-state index contributed by atoms with van der Waals surface area (Å²) in [6.45, 7) is 11.3. The number of likely N-dealkylation sites (N-methyl/N-ethyl adjacent to an activating group) is 1. The predicted molar refractivity (Wildman–Crippen MR) is 153 cm³/mol. The van der Waals surface area contributed by atoms with Crippen molar-refractivity contribution in [1.82, 2.24) is 14.7 Å². The Morgan fingerprint density at radius 3 is 2.22 bits per heavy atom. The summed E-state index contributed by atoms with van der Waals surface area (Å²) in [6, 6.07) is 17.5. The Labute approximate surface area is 228 Å². The molecular weight excluding hydrogens is 484 g/mol. The SMILES string of the molecule is C=CCC1CCN(C(N)=O)CC1.COCC1CN(C(c2ccc(C)cc2)c2ccc(Cl)cc2)CCN1C. The third kappa shape index (κ3) is 8.57. The molecule has 0 spiro atoms. The molecular formula is C30H43ClN4O2. The Morgan fingerprint density at radius 1 is 1.08 bits per heavy atom. The number of hydrogen-bond acceptors (Lipinski definition) is 4. The third-order valence-electron chi connectivity index (χ3n) is 7.54. The van der Waals surface area contributed by atoms with Crippen LogP contribution in [0, 0.1) is 12.8 Å². The maximum absolute atomic E-state index is 10.7. The molecule has 0 aliphatic carbocycles. The number of allylic oxidation sites excluding steroid dienone is 1. The van der Waals surface area contributed by atoms with Crippen LogP contribution in [0.5, 0.6) is 0 Å². The molecule has 2 aromatic rings. The second-order valence-electron chi connectivity index (χ2n) is 10.2. The number of nitrogens with two attached hydrogens (primary N) is 1. The van der Waals surface area contributed by atoms with Crippen LogP contribution in [0.15, 0.2) is 61.2 Å². The van der Waals surface area contributed by atoms with E-state index in [9.17, 15) is 4.79 Å². The van der Waals surface area contributed by atoms with Gasteiger partial charge in [-0.15, -0.1) is 6.58 Å². The fraction of sp³-hybridized carbons (Fsp3) is 0.500. The molecule has 6 nitrogen and oxygen atoms in total. The first kappa shape index (κ1) is 29.2. The lowest BCUT2D eigenvalue weighted by Crippen LogP contribution is -2.54. The number of carbonyl (C=O) groups is 1. The summed E-state index contributed by atoms with van der Waals surface area (Å²) >= 11 is 6.12. The number of urea groups is 1. The second kappa shape index (κ2) is 14.5. The lowest BCUT2D eigenvalue weighted by Gasteiger charge is -2.43. The second-order valence-corrected chi connectivity index (χ2v) is 10.7. The number of rotatable bonds is 7. The zero-order valence-corrected chi connectivity index (χ0v) is 23.4. The fourth-order valence-corrected chi connectivity index (χ4v) is 5.34. The summed E-state index contributed by atoms with van der Waals surface area (Å²) < 4.78 is 5.44. The van der Waals surface area contributed by atoms with E-state index >= 15 is 0 Å². The fourth-order valence-electron chi connectivity index (χ4n) is 5.21. The van der Waals surface area contributed by atoms with Gasteiger partial charge < -0.3 is 15.4 Å². The van der Waals surface area contributed by atoms with Crippen molar-refractivity contribution >= 4 is 17.6 Å². The maximum Gasteiger partial charge on any atom is 0.314 e. The smallest absolute Gasteiger partial charge is 0.314 e. The highest BCUT2D eigenvalue weighted by molar-refractivity contribution is 6.30. The van der Waals surface area contributed by atoms with Gasteiger partial charge in [0.25, 0.3) is 0 Å². The summed E-state index contributed by atoms with van der Waals surface area (Å²) in [7, 11) is 3.97. The molecule has 2 amide bonds. The summed E-state index contributed by atoms with van der Waals surface area (Å²) in [5.74, 6) is 0.707. The molecule has 0 radical (unpaired) electrons. The van der Waals surface area contributed by atoms with Crippen molar-refractivity contribution in [3.05, 3.63) is 82.9 Å². The van der Waals surface area contributed by atoms with E-state index in [1.807, 2.05) is 18.2 Å². The number of aryl methyl sites for hydroxylation is 1. The number of hydrogen-bond donors (Lipinski definition) is 1. The Bertz CT molecular complexity index is 929. The van der Waals surface area contributed by atoms with E-state index in [-0.39, 0.29) is 12.1 Å². The molecule has 2 N–H and O–H groups in total. The van der Waals surface area contributed by atoms with E-state index in [1.54, 1.807) is 12.0 Å². The van der Waals surface area contributed by atoms with Crippen LogP contribution < -0.4 is 5.73 Å². The summed E-state index contributed by atoms with van der Waals surface area (Å²) in [5, 5.41) is 0.780. The average molecular weight is 527 g/mol. The van der Waals surface area contributed by atoms with Gasteiger partial charge in [0.2, 0.25) is 0 Å². The molecule has 37 heavy (non-hydrogen) atoms. The molecule has 2 aliphatic heterocycles. The number of ether oxygens (including phenoxy) is 1. The van der Waals surface area contributed by atoms with Crippen LogP contribution in [0.2, 0.25) is 5.02 Å². The molecule has 2 heterocycles.